The van der Waals surface area contributed by atoms with E-state index in [-0.39, 0.29) is 5.91 Å². The quantitative estimate of drug-likeness (QED) is 0.655. The summed E-state index contributed by atoms with van der Waals surface area (Å²) in [4.78, 5) is 13.4. The first-order valence-corrected chi connectivity index (χ1v) is 4.63. The smallest absolute Gasteiger partial charge is 0.253 e. The van der Waals surface area contributed by atoms with Gasteiger partial charge in [0.15, 0.2) is 0 Å². The fraction of sp³-hybridized carbons (Fsp3) is 0.250. The lowest BCUT2D eigenvalue weighted by atomic mass is 10.2. The summed E-state index contributed by atoms with van der Waals surface area (Å²) in [5.74, 6) is 0.0405. The van der Waals surface area contributed by atoms with Crippen LogP contribution in [0, 0.1) is 0 Å². The summed E-state index contributed by atoms with van der Waals surface area (Å²) in [7, 11) is 1.78. The number of carbonyl (C=O) groups is 1. The fourth-order valence-corrected chi connectivity index (χ4v) is 1.16. The maximum atomic E-state index is 11.7. The second-order valence-corrected chi connectivity index (χ2v) is 3.17. The van der Waals surface area contributed by atoms with Gasteiger partial charge in [0.2, 0.25) is 0 Å². The lowest BCUT2D eigenvalue weighted by Crippen LogP contribution is -2.26. The Kier molecular flexibility index (Phi) is 3.46. The van der Waals surface area contributed by atoms with Crippen molar-refractivity contribution in [2.24, 2.45) is 0 Å². The van der Waals surface area contributed by atoms with Crippen LogP contribution in [0.15, 0.2) is 42.0 Å². The van der Waals surface area contributed by atoms with Crippen LogP contribution in [0.25, 0.3) is 0 Å². The SMILES string of the molecule is C/C=C(\C)C(=O)N(C)c1ccccc1. The summed E-state index contributed by atoms with van der Waals surface area (Å²) in [6, 6.07) is 9.61. The van der Waals surface area contributed by atoms with Gasteiger partial charge >= 0.3 is 0 Å². The van der Waals surface area contributed by atoms with Gasteiger partial charge in [0.05, 0.1) is 0 Å². The van der Waals surface area contributed by atoms with E-state index in [9.17, 15) is 4.79 Å². The molecule has 0 unspecified atom stereocenters. The molecule has 74 valence electrons. The van der Waals surface area contributed by atoms with Crippen LogP contribution >= 0.6 is 0 Å². The Morgan fingerprint density at radius 2 is 1.86 bits per heavy atom. The van der Waals surface area contributed by atoms with E-state index in [0.717, 1.165) is 11.3 Å². The molecule has 0 atom stereocenters. The molecular weight excluding hydrogens is 174 g/mol. The summed E-state index contributed by atoms with van der Waals surface area (Å²) < 4.78 is 0. The Balaban J connectivity index is 2.87. The van der Waals surface area contributed by atoms with Crippen LogP contribution in [0.3, 0.4) is 0 Å². The van der Waals surface area contributed by atoms with Crippen LogP contribution in [0.4, 0.5) is 5.69 Å². The summed E-state index contributed by atoms with van der Waals surface area (Å²) in [6.45, 7) is 3.69. The molecule has 0 saturated heterocycles. The highest BCUT2D eigenvalue weighted by atomic mass is 16.2. The molecule has 0 aliphatic carbocycles. The Morgan fingerprint density at radius 3 is 2.36 bits per heavy atom. The van der Waals surface area contributed by atoms with E-state index in [1.54, 1.807) is 11.9 Å². The molecule has 1 aromatic rings. The van der Waals surface area contributed by atoms with Gasteiger partial charge in [-0.25, -0.2) is 0 Å². The third-order valence-corrected chi connectivity index (χ3v) is 2.22. The van der Waals surface area contributed by atoms with Crippen LogP contribution in [0.1, 0.15) is 13.8 Å². The number of hydrogen-bond donors (Lipinski definition) is 0. The van der Waals surface area contributed by atoms with E-state index >= 15 is 0 Å². The molecule has 14 heavy (non-hydrogen) atoms. The molecule has 0 radical (unpaired) electrons. The van der Waals surface area contributed by atoms with Crippen LogP contribution in [0.5, 0.6) is 0 Å². The zero-order valence-electron chi connectivity index (χ0n) is 8.82. The number of amides is 1. The number of benzene rings is 1. The minimum atomic E-state index is 0.0405. The zero-order valence-corrected chi connectivity index (χ0v) is 8.82. The van der Waals surface area contributed by atoms with E-state index in [1.165, 1.54) is 0 Å². The number of anilines is 1. The monoisotopic (exact) mass is 189 g/mol. The molecule has 1 rings (SSSR count). The average molecular weight is 189 g/mol. The Hall–Kier alpha value is -1.57. The molecule has 0 bridgehead atoms. The van der Waals surface area contributed by atoms with E-state index in [0.29, 0.717) is 0 Å². The van der Waals surface area contributed by atoms with Crippen molar-refractivity contribution in [2.45, 2.75) is 13.8 Å². The van der Waals surface area contributed by atoms with Gasteiger partial charge in [-0.05, 0) is 26.0 Å². The normalized spacial score (nSPS) is 11.2. The highest BCUT2D eigenvalue weighted by Gasteiger charge is 2.10. The van der Waals surface area contributed by atoms with Crippen molar-refractivity contribution >= 4 is 11.6 Å². The molecule has 1 amide bonds. The minimum absolute atomic E-state index is 0.0405. The number of likely N-dealkylation sites (N-methyl/N-ethyl adjacent to an activating group) is 1. The molecule has 0 aliphatic heterocycles. The molecule has 0 fully saturated rings. The van der Waals surface area contributed by atoms with Crippen molar-refractivity contribution in [1.29, 1.82) is 0 Å². The third-order valence-electron chi connectivity index (χ3n) is 2.22. The Morgan fingerprint density at radius 1 is 1.29 bits per heavy atom. The molecule has 0 aliphatic rings. The summed E-state index contributed by atoms with van der Waals surface area (Å²) in [5, 5.41) is 0. The number of para-hydroxylation sites is 1. The number of allylic oxidation sites excluding steroid dienone is 1. The first-order valence-electron chi connectivity index (χ1n) is 4.63. The van der Waals surface area contributed by atoms with Crippen LogP contribution in [-0.2, 0) is 4.79 Å². The predicted octanol–water partition coefficient (Wildman–Crippen LogP) is 2.62. The number of hydrogen-bond acceptors (Lipinski definition) is 1. The Labute approximate surface area is 84.9 Å². The zero-order chi connectivity index (χ0) is 10.6. The highest BCUT2D eigenvalue weighted by Crippen LogP contribution is 2.13. The Bertz CT molecular complexity index is 341. The molecule has 0 heterocycles. The van der Waals surface area contributed by atoms with Gasteiger partial charge < -0.3 is 4.90 Å². The van der Waals surface area contributed by atoms with Crippen molar-refractivity contribution in [2.75, 3.05) is 11.9 Å². The first kappa shape index (κ1) is 10.5. The van der Waals surface area contributed by atoms with E-state index in [2.05, 4.69) is 0 Å². The lowest BCUT2D eigenvalue weighted by molar-refractivity contribution is -0.114. The van der Waals surface area contributed by atoms with Gasteiger partial charge in [0.1, 0.15) is 0 Å². The van der Waals surface area contributed by atoms with E-state index < -0.39 is 0 Å². The molecule has 0 N–H and O–H groups in total. The molecule has 0 saturated carbocycles. The number of nitrogens with zero attached hydrogens (tertiary/aromatic N) is 1. The molecular formula is C12H15NO. The molecule has 2 heteroatoms. The minimum Gasteiger partial charge on any atom is -0.312 e. The number of carbonyl (C=O) groups excluding carboxylic acids is 1. The van der Waals surface area contributed by atoms with Crippen LogP contribution < -0.4 is 4.90 Å². The first-order chi connectivity index (χ1) is 6.66. The van der Waals surface area contributed by atoms with Gasteiger partial charge in [-0.2, -0.15) is 0 Å². The van der Waals surface area contributed by atoms with Crippen molar-refractivity contribution in [3.63, 3.8) is 0 Å². The van der Waals surface area contributed by atoms with Crippen LogP contribution in [-0.4, -0.2) is 13.0 Å². The summed E-state index contributed by atoms with van der Waals surface area (Å²) in [6.07, 6.45) is 1.82. The molecule has 1 aromatic carbocycles. The summed E-state index contributed by atoms with van der Waals surface area (Å²) >= 11 is 0. The van der Waals surface area contributed by atoms with Gasteiger partial charge in [-0.3, -0.25) is 4.79 Å². The third kappa shape index (κ3) is 2.22. The van der Waals surface area contributed by atoms with E-state index in [1.807, 2.05) is 50.3 Å². The van der Waals surface area contributed by atoms with Crippen molar-refractivity contribution in [3.05, 3.63) is 42.0 Å². The van der Waals surface area contributed by atoms with Gasteiger partial charge in [0.25, 0.3) is 5.91 Å². The topological polar surface area (TPSA) is 20.3 Å². The average Bonchev–Trinajstić information content (AvgIpc) is 2.27. The second kappa shape index (κ2) is 4.61. The van der Waals surface area contributed by atoms with Crippen molar-refractivity contribution in [3.8, 4) is 0 Å². The maximum Gasteiger partial charge on any atom is 0.253 e. The fourth-order valence-electron chi connectivity index (χ4n) is 1.16. The maximum absolute atomic E-state index is 11.7. The van der Waals surface area contributed by atoms with E-state index in [4.69, 9.17) is 0 Å². The standard InChI is InChI=1S/C12H15NO/c1-4-10(2)12(14)13(3)11-8-6-5-7-9-11/h4-9H,1-3H3/b10-4+. The van der Waals surface area contributed by atoms with Gasteiger partial charge in [0, 0.05) is 18.3 Å². The molecule has 0 aromatic heterocycles. The molecule has 2 nitrogen and oxygen atoms in total. The van der Waals surface area contributed by atoms with Crippen LogP contribution in [0.2, 0.25) is 0 Å². The lowest BCUT2D eigenvalue weighted by Gasteiger charge is -2.17. The van der Waals surface area contributed by atoms with Crippen molar-refractivity contribution in [1.82, 2.24) is 0 Å². The summed E-state index contributed by atoms with van der Waals surface area (Å²) in [5.41, 5.74) is 1.68. The van der Waals surface area contributed by atoms with Crippen molar-refractivity contribution < 1.29 is 4.79 Å². The molecule has 0 spiro atoms. The van der Waals surface area contributed by atoms with Gasteiger partial charge in [-0.1, -0.05) is 24.3 Å². The predicted molar refractivity (Wildman–Crippen MR) is 59.3 cm³/mol. The second-order valence-electron chi connectivity index (χ2n) is 3.17. The van der Waals surface area contributed by atoms with Gasteiger partial charge in [-0.15, -0.1) is 0 Å². The number of rotatable bonds is 2. The largest absolute Gasteiger partial charge is 0.312 e. The highest BCUT2D eigenvalue weighted by molar-refractivity contribution is 6.04.